The molecule has 0 amide bonds. The Hall–Kier alpha value is -1.34. The highest BCUT2D eigenvalue weighted by Gasteiger charge is 2.33. The van der Waals surface area contributed by atoms with E-state index >= 15 is 0 Å². The Morgan fingerprint density at radius 2 is 1.85 bits per heavy atom. The van der Waals surface area contributed by atoms with Crippen LogP contribution in [0.3, 0.4) is 0 Å². The molecular formula is C19H19Si. The van der Waals surface area contributed by atoms with E-state index in [1.165, 1.54) is 41.2 Å². The molecule has 2 atom stereocenters. The summed E-state index contributed by atoms with van der Waals surface area (Å²) in [5, 5.41) is 2.89. The number of aryl methyl sites for hydroxylation is 1. The summed E-state index contributed by atoms with van der Waals surface area (Å²) in [6.45, 7) is 0. The maximum absolute atomic E-state index is 3.62. The van der Waals surface area contributed by atoms with Gasteiger partial charge in [0.25, 0.3) is 0 Å². The average molecular weight is 275 g/mol. The first kappa shape index (κ1) is 12.4. The number of benzene rings is 2. The Bertz CT molecular complexity index is 683. The van der Waals surface area contributed by atoms with E-state index in [9.17, 15) is 0 Å². The zero-order valence-electron chi connectivity index (χ0n) is 11.7. The Morgan fingerprint density at radius 1 is 1.00 bits per heavy atom. The molecule has 0 aliphatic heterocycles. The standard InChI is InChI=1S/C19H19Si/c20-10-9-14-7-8-18(17-4-2-1-3-16(14)17)19-12-13-5-6-15(19)11-13/h1-4,7-8,12-13,15H,5-6,9-11H2. The summed E-state index contributed by atoms with van der Waals surface area (Å²) in [5.74, 6) is 1.68. The Labute approximate surface area is 124 Å². The van der Waals surface area contributed by atoms with Crippen LogP contribution < -0.4 is 0 Å². The highest BCUT2D eigenvalue weighted by molar-refractivity contribution is 6.08. The van der Waals surface area contributed by atoms with Crippen LogP contribution in [0.2, 0.25) is 6.04 Å². The van der Waals surface area contributed by atoms with Crippen molar-refractivity contribution in [3.05, 3.63) is 53.6 Å². The van der Waals surface area contributed by atoms with Gasteiger partial charge in [0.05, 0.1) is 0 Å². The number of fused-ring (bicyclic) bond motifs is 3. The van der Waals surface area contributed by atoms with Crippen molar-refractivity contribution in [1.82, 2.24) is 0 Å². The van der Waals surface area contributed by atoms with Gasteiger partial charge in [0, 0.05) is 10.2 Å². The van der Waals surface area contributed by atoms with E-state index in [4.69, 9.17) is 0 Å². The number of hydrogen-bond acceptors (Lipinski definition) is 0. The van der Waals surface area contributed by atoms with Crippen LogP contribution in [-0.2, 0) is 6.42 Å². The van der Waals surface area contributed by atoms with Gasteiger partial charge in [0.1, 0.15) is 0 Å². The fourth-order valence-electron chi connectivity index (χ4n) is 4.12. The molecule has 2 aliphatic carbocycles. The summed E-state index contributed by atoms with van der Waals surface area (Å²) >= 11 is 0. The average Bonchev–Trinajstić information content (AvgIpc) is 3.11. The molecule has 0 N–H and O–H groups in total. The fraction of sp³-hybridized carbons (Fsp3) is 0.368. The Morgan fingerprint density at radius 3 is 2.55 bits per heavy atom. The molecule has 2 aliphatic rings. The predicted molar refractivity (Wildman–Crippen MR) is 87.0 cm³/mol. The first-order valence-electron chi connectivity index (χ1n) is 7.74. The Balaban J connectivity index is 1.89. The molecule has 99 valence electrons. The van der Waals surface area contributed by atoms with Crippen LogP contribution >= 0.6 is 0 Å². The summed E-state index contributed by atoms with van der Waals surface area (Å²) in [6, 6.07) is 14.7. The smallest absolute Gasteiger partial charge is 0.0225 e. The van der Waals surface area contributed by atoms with Gasteiger partial charge < -0.3 is 0 Å². The zero-order valence-corrected chi connectivity index (χ0v) is 12.7. The van der Waals surface area contributed by atoms with E-state index in [0.29, 0.717) is 0 Å². The molecule has 20 heavy (non-hydrogen) atoms. The van der Waals surface area contributed by atoms with Gasteiger partial charge in [-0.15, -0.1) is 0 Å². The first-order chi connectivity index (χ1) is 9.86. The molecule has 3 radical (unpaired) electrons. The lowest BCUT2D eigenvalue weighted by Crippen LogP contribution is -1.99. The largest absolute Gasteiger partial charge is 0.0773 e. The number of rotatable bonds is 3. The van der Waals surface area contributed by atoms with Crippen molar-refractivity contribution in [1.29, 1.82) is 0 Å². The lowest BCUT2D eigenvalue weighted by molar-refractivity contribution is 0.695. The maximum atomic E-state index is 3.62. The van der Waals surface area contributed by atoms with Crippen molar-refractivity contribution in [3.63, 3.8) is 0 Å². The molecule has 0 heterocycles. The van der Waals surface area contributed by atoms with Gasteiger partial charge >= 0.3 is 0 Å². The van der Waals surface area contributed by atoms with Crippen LogP contribution in [-0.4, -0.2) is 10.2 Å². The second-order valence-electron chi connectivity index (χ2n) is 6.21. The first-order valence-corrected chi connectivity index (χ1v) is 8.45. The quantitative estimate of drug-likeness (QED) is 0.707. The summed E-state index contributed by atoms with van der Waals surface area (Å²) in [5.41, 5.74) is 4.58. The molecule has 2 aromatic carbocycles. The molecule has 0 saturated heterocycles. The second-order valence-corrected chi connectivity index (χ2v) is 6.71. The molecule has 2 unspecified atom stereocenters. The van der Waals surface area contributed by atoms with Crippen LogP contribution in [0.4, 0.5) is 0 Å². The van der Waals surface area contributed by atoms with Gasteiger partial charge in [-0.2, -0.15) is 0 Å². The number of allylic oxidation sites excluding steroid dienone is 2. The molecule has 2 aromatic rings. The maximum Gasteiger partial charge on any atom is 0.0225 e. The molecule has 0 spiro atoms. The molecule has 4 rings (SSSR count). The van der Waals surface area contributed by atoms with E-state index in [1.807, 2.05) is 0 Å². The summed E-state index contributed by atoms with van der Waals surface area (Å²) < 4.78 is 0. The fourth-order valence-corrected chi connectivity index (χ4v) is 4.39. The van der Waals surface area contributed by atoms with Gasteiger partial charge in [-0.3, -0.25) is 0 Å². The lowest BCUT2D eigenvalue weighted by atomic mass is 9.87. The van der Waals surface area contributed by atoms with E-state index in [2.05, 4.69) is 52.7 Å². The minimum atomic E-state index is 0.824. The van der Waals surface area contributed by atoms with Crippen LogP contribution in [0.15, 0.2) is 42.5 Å². The van der Waals surface area contributed by atoms with E-state index in [0.717, 1.165) is 24.3 Å². The topological polar surface area (TPSA) is 0 Å². The second kappa shape index (κ2) is 4.89. The minimum Gasteiger partial charge on any atom is -0.0773 e. The molecule has 1 fully saturated rings. The molecule has 0 aromatic heterocycles. The number of hydrogen-bond donors (Lipinski definition) is 0. The molecular weight excluding hydrogens is 256 g/mol. The lowest BCUT2D eigenvalue weighted by Gasteiger charge is -2.17. The van der Waals surface area contributed by atoms with E-state index in [1.54, 1.807) is 5.57 Å². The van der Waals surface area contributed by atoms with E-state index in [-0.39, 0.29) is 0 Å². The zero-order chi connectivity index (χ0) is 13.5. The van der Waals surface area contributed by atoms with Crippen molar-refractivity contribution >= 4 is 26.6 Å². The summed E-state index contributed by atoms with van der Waals surface area (Å²) in [7, 11) is 3.62. The third-order valence-electron chi connectivity index (χ3n) is 5.05. The Kier molecular flexibility index (Phi) is 3.03. The molecule has 2 bridgehead atoms. The van der Waals surface area contributed by atoms with E-state index < -0.39 is 0 Å². The van der Waals surface area contributed by atoms with Crippen molar-refractivity contribution < 1.29 is 0 Å². The van der Waals surface area contributed by atoms with Gasteiger partial charge in [0.2, 0.25) is 0 Å². The summed E-state index contributed by atoms with van der Waals surface area (Å²) in [4.78, 5) is 0. The summed E-state index contributed by atoms with van der Waals surface area (Å²) in [6.07, 6.45) is 7.86. The van der Waals surface area contributed by atoms with Crippen LogP contribution in [0, 0.1) is 11.8 Å². The van der Waals surface area contributed by atoms with Crippen LogP contribution in [0.1, 0.15) is 30.4 Å². The molecule has 1 saturated carbocycles. The van der Waals surface area contributed by atoms with Gasteiger partial charge in [-0.25, -0.2) is 0 Å². The predicted octanol–water partition coefficient (Wildman–Crippen LogP) is 4.78. The third-order valence-corrected chi connectivity index (χ3v) is 5.30. The van der Waals surface area contributed by atoms with Crippen molar-refractivity contribution in [3.8, 4) is 0 Å². The highest BCUT2D eigenvalue weighted by atomic mass is 28.1. The van der Waals surface area contributed by atoms with Gasteiger partial charge in [-0.1, -0.05) is 48.5 Å². The van der Waals surface area contributed by atoms with Crippen LogP contribution in [0.5, 0.6) is 0 Å². The monoisotopic (exact) mass is 275 g/mol. The van der Waals surface area contributed by atoms with Gasteiger partial charge in [0.15, 0.2) is 0 Å². The molecule has 0 nitrogen and oxygen atoms in total. The van der Waals surface area contributed by atoms with Crippen molar-refractivity contribution in [2.75, 3.05) is 0 Å². The SMILES string of the molecule is [Si]CCc1ccc(C2=CC3CCC2C3)c2ccccc12. The van der Waals surface area contributed by atoms with Gasteiger partial charge in [-0.05, 0) is 65.0 Å². The molecule has 1 heteroatoms. The third kappa shape index (κ3) is 1.88. The highest BCUT2D eigenvalue weighted by Crippen LogP contribution is 2.49. The van der Waals surface area contributed by atoms with Crippen molar-refractivity contribution in [2.45, 2.75) is 31.7 Å². The minimum absolute atomic E-state index is 0.824. The van der Waals surface area contributed by atoms with Crippen LogP contribution in [0.25, 0.3) is 16.3 Å². The van der Waals surface area contributed by atoms with Crippen molar-refractivity contribution in [2.24, 2.45) is 11.8 Å². The normalized spacial score (nSPS) is 24.4.